The van der Waals surface area contributed by atoms with Crippen LogP contribution < -0.4 is 15.9 Å². The quantitative estimate of drug-likeness (QED) is 0.114. The Hall–Kier alpha value is -7.65. The van der Waals surface area contributed by atoms with E-state index in [0.717, 1.165) is 87.6 Å². The van der Waals surface area contributed by atoms with E-state index < -0.39 is 7.14 Å². The van der Waals surface area contributed by atoms with Crippen LogP contribution >= 0.6 is 7.14 Å². The number of aromatic nitrogens is 3. The third-order valence-electron chi connectivity index (χ3n) is 11.7. The number of rotatable bonds is 8. The van der Waals surface area contributed by atoms with E-state index in [1.54, 1.807) is 0 Å². The molecule has 4 nitrogen and oxygen atoms in total. The van der Waals surface area contributed by atoms with Crippen molar-refractivity contribution in [1.82, 2.24) is 14.6 Å². The van der Waals surface area contributed by atoms with Crippen LogP contribution in [0.3, 0.4) is 0 Å². The van der Waals surface area contributed by atoms with Gasteiger partial charge in [-0.2, -0.15) is 0 Å². The van der Waals surface area contributed by atoms with Crippen LogP contribution in [0.15, 0.2) is 231 Å². The summed E-state index contributed by atoms with van der Waals surface area (Å²) >= 11 is 0. The van der Waals surface area contributed by atoms with Gasteiger partial charge in [-0.25, -0.2) is 9.50 Å². The van der Waals surface area contributed by atoms with Gasteiger partial charge >= 0.3 is 0 Å². The fourth-order valence-electron chi connectivity index (χ4n) is 8.84. The molecule has 0 atom stereocenters. The number of benzene rings is 9. The van der Waals surface area contributed by atoms with Gasteiger partial charge in [-0.1, -0.05) is 212 Å². The number of hydrogen-bond acceptors (Lipinski definition) is 3. The fraction of sp³-hybridized carbons (Fsp3) is 0. The summed E-state index contributed by atoms with van der Waals surface area (Å²) in [6, 6.07) is 77.1. The molecule has 0 saturated heterocycles. The highest BCUT2D eigenvalue weighted by Crippen LogP contribution is 2.46. The molecule has 0 radical (unpaired) electrons. The van der Waals surface area contributed by atoms with Crippen LogP contribution in [0.2, 0.25) is 0 Å². The molecule has 0 bridgehead atoms. The Bertz CT molecular complexity index is 3320. The Balaban J connectivity index is 1.04. The first-order valence-corrected chi connectivity index (χ1v) is 22.2. The summed E-state index contributed by atoms with van der Waals surface area (Å²) < 4.78 is 17.4. The van der Waals surface area contributed by atoms with Crippen LogP contribution in [0.5, 0.6) is 0 Å². The Morgan fingerprint density at radius 2 is 0.803 bits per heavy atom. The Labute approximate surface area is 354 Å². The summed E-state index contributed by atoms with van der Waals surface area (Å²) in [5.74, 6) is 0.669. The molecule has 0 aliphatic rings. The van der Waals surface area contributed by atoms with Crippen molar-refractivity contribution in [3.63, 3.8) is 0 Å². The molecular weight excluding hydrogens is 762 g/mol. The highest BCUT2D eigenvalue weighted by molar-refractivity contribution is 7.85. The Kier molecular flexibility index (Phi) is 9.07. The zero-order chi connectivity index (χ0) is 40.8. The molecule has 0 unspecified atom stereocenters. The van der Waals surface area contributed by atoms with Crippen LogP contribution in [0.4, 0.5) is 0 Å². The lowest BCUT2D eigenvalue weighted by molar-refractivity contribution is 0.592. The van der Waals surface area contributed by atoms with Gasteiger partial charge in [-0.3, -0.25) is 0 Å². The van der Waals surface area contributed by atoms with Gasteiger partial charge in [0.05, 0.1) is 0 Å². The summed E-state index contributed by atoms with van der Waals surface area (Å²) in [6.07, 6.45) is 2.07. The molecule has 5 heteroatoms. The van der Waals surface area contributed by atoms with E-state index in [9.17, 15) is 0 Å². The number of hydrogen-bond donors (Lipinski definition) is 0. The van der Waals surface area contributed by atoms with Gasteiger partial charge < -0.3 is 4.57 Å². The van der Waals surface area contributed by atoms with Gasteiger partial charge in [0.1, 0.15) is 0 Å². The van der Waals surface area contributed by atoms with Crippen molar-refractivity contribution < 1.29 is 4.57 Å². The lowest BCUT2D eigenvalue weighted by atomic mass is 9.86. The van der Waals surface area contributed by atoms with Crippen molar-refractivity contribution in [3.8, 4) is 55.9 Å². The summed E-state index contributed by atoms with van der Waals surface area (Å²) in [5, 5.41) is 12.1. The topological polar surface area (TPSA) is 47.3 Å². The van der Waals surface area contributed by atoms with Crippen molar-refractivity contribution in [3.05, 3.63) is 231 Å². The Morgan fingerprint density at radius 1 is 0.361 bits per heavy atom. The molecule has 0 amide bonds. The molecule has 0 saturated carbocycles. The van der Waals surface area contributed by atoms with E-state index in [0.29, 0.717) is 5.82 Å². The van der Waals surface area contributed by atoms with Gasteiger partial charge in [0.25, 0.3) is 0 Å². The number of fused-ring (bicyclic) bond motifs is 3. The second-order valence-corrected chi connectivity index (χ2v) is 18.1. The van der Waals surface area contributed by atoms with Crippen LogP contribution in [0, 0.1) is 0 Å². The smallest absolute Gasteiger partial charge is 0.182 e. The lowest BCUT2D eigenvalue weighted by Crippen LogP contribution is -2.25. The summed E-state index contributed by atoms with van der Waals surface area (Å²) in [6.45, 7) is 0. The molecule has 11 rings (SSSR count). The molecule has 288 valence electrons. The zero-order valence-electron chi connectivity index (χ0n) is 33.1. The Morgan fingerprint density at radius 3 is 1.36 bits per heavy atom. The third-order valence-corrected chi connectivity index (χ3v) is 14.8. The maximum Gasteiger partial charge on any atom is 0.182 e. The van der Waals surface area contributed by atoms with Gasteiger partial charge in [-0.15, -0.1) is 5.10 Å². The minimum atomic E-state index is -3.19. The normalized spacial score (nSPS) is 11.7. The van der Waals surface area contributed by atoms with Crippen LogP contribution in [-0.2, 0) is 4.57 Å². The number of pyridine rings is 1. The van der Waals surface area contributed by atoms with E-state index in [2.05, 4.69) is 152 Å². The molecule has 0 aliphatic heterocycles. The molecule has 9 aromatic carbocycles. The maximum atomic E-state index is 15.5. The first-order chi connectivity index (χ1) is 30.1. The minimum absolute atomic E-state index is 0.669. The lowest BCUT2D eigenvalue weighted by Gasteiger charge is -2.22. The third kappa shape index (κ3) is 6.37. The molecule has 0 spiro atoms. The van der Waals surface area contributed by atoms with Crippen LogP contribution in [-0.4, -0.2) is 14.6 Å². The van der Waals surface area contributed by atoms with Gasteiger partial charge in [-0.05, 0) is 67.1 Å². The fourth-order valence-corrected chi connectivity index (χ4v) is 11.5. The zero-order valence-corrected chi connectivity index (χ0v) is 34.0. The molecule has 0 fully saturated rings. The molecule has 0 aliphatic carbocycles. The average Bonchev–Trinajstić information content (AvgIpc) is 3.78. The second-order valence-electron chi connectivity index (χ2n) is 15.3. The first-order valence-electron chi connectivity index (χ1n) is 20.5. The first kappa shape index (κ1) is 36.4. The SMILES string of the molecule is O=P(c1ccccc1)(c1ccccc1)c1cccc(-c2c3ccccc3c(-c3ccc(-c4nc5c(-c6ccccc6)cc(-c6ccccc6)cn5n4)cc3)c3ccccc23)c1. The predicted octanol–water partition coefficient (Wildman–Crippen LogP) is 13.0. The van der Waals surface area contributed by atoms with Gasteiger partial charge in [0.2, 0.25) is 0 Å². The monoisotopic (exact) mass is 799 g/mol. The highest BCUT2D eigenvalue weighted by Gasteiger charge is 2.30. The van der Waals surface area contributed by atoms with Crippen molar-refractivity contribution in [2.24, 2.45) is 0 Å². The molecule has 2 aromatic heterocycles. The molecular formula is C56H38N3OP. The second kappa shape index (κ2) is 15.2. The molecule has 61 heavy (non-hydrogen) atoms. The van der Waals surface area contributed by atoms with Crippen molar-refractivity contribution in [2.75, 3.05) is 0 Å². The number of nitrogens with zero attached hydrogens (tertiary/aromatic N) is 3. The van der Waals surface area contributed by atoms with E-state index in [1.165, 1.54) is 5.56 Å². The predicted molar refractivity (Wildman–Crippen MR) is 255 cm³/mol. The maximum absolute atomic E-state index is 15.5. The summed E-state index contributed by atoms with van der Waals surface area (Å²) in [4.78, 5) is 5.14. The van der Waals surface area contributed by atoms with E-state index >= 15 is 4.57 Å². The molecule has 11 aromatic rings. The largest absolute Gasteiger partial charge is 0.309 e. The van der Waals surface area contributed by atoms with Gasteiger partial charge in [0, 0.05) is 38.8 Å². The molecule has 0 N–H and O–H groups in total. The van der Waals surface area contributed by atoms with E-state index in [4.69, 9.17) is 10.1 Å². The van der Waals surface area contributed by atoms with Crippen molar-refractivity contribution >= 4 is 50.2 Å². The summed E-state index contributed by atoms with van der Waals surface area (Å²) in [5.41, 5.74) is 10.5. The standard InChI is InChI=1S/C56H38N3OP/c60-61(45-23-9-3-10-24-45,46-25-11-4-12-26-46)47-27-17-22-43(36-47)54-50-30-15-13-28-48(50)53(49-29-14-16-31-51(49)54)41-32-34-42(35-33-41)55-57-56-52(40-20-7-2-8-21-40)37-44(38-59(56)58-55)39-18-5-1-6-19-39/h1-38H. The van der Waals surface area contributed by atoms with Crippen LogP contribution in [0.1, 0.15) is 0 Å². The molecule has 2 heterocycles. The average molecular weight is 800 g/mol. The van der Waals surface area contributed by atoms with Crippen molar-refractivity contribution in [1.29, 1.82) is 0 Å². The summed E-state index contributed by atoms with van der Waals surface area (Å²) in [7, 11) is -3.19. The van der Waals surface area contributed by atoms with Crippen LogP contribution in [0.25, 0.3) is 83.1 Å². The van der Waals surface area contributed by atoms with E-state index in [-0.39, 0.29) is 0 Å². The van der Waals surface area contributed by atoms with Gasteiger partial charge in [0.15, 0.2) is 18.6 Å². The van der Waals surface area contributed by atoms with E-state index in [1.807, 2.05) is 83.4 Å². The van der Waals surface area contributed by atoms with Crippen molar-refractivity contribution in [2.45, 2.75) is 0 Å². The highest BCUT2D eigenvalue weighted by atomic mass is 31.2. The minimum Gasteiger partial charge on any atom is -0.309 e.